The van der Waals surface area contributed by atoms with Gasteiger partial charge >= 0.3 is 0 Å². The molecule has 0 saturated carbocycles. The van der Waals surface area contributed by atoms with E-state index in [2.05, 4.69) is 22.3 Å². The van der Waals surface area contributed by atoms with Crippen LogP contribution in [0.15, 0.2) is 24.3 Å². The Morgan fingerprint density at radius 2 is 1.93 bits per heavy atom. The molecule has 2 nitrogen and oxygen atoms in total. The summed E-state index contributed by atoms with van der Waals surface area (Å²) in [7, 11) is 0. The van der Waals surface area contributed by atoms with E-state index in [1.54, 1.807) is 0 Å². The smallest absolute Gasteiger partial charge is 0.0426 e. The SMILES string of the molecule is Clc1cccc(N2CC3CNCC3C2)c1. The van der Waals surface area contributed by atoms with Crippen molar-refractivity contribution in [3.63, 3.8) is 0 Å². The molecule has 2 unspecified atom stereocenters. The van der Waals surface area contributed by atoms with Gasteiger partial charge in [-0.3, -0.25) is 0 Å². The van der Waals surface area contributed by atoms with E-state index in [9.17, 15) is 0 Å². The van der Waals surface area contributed by atoms with Crippen molar-refractivity contribution < 1.29 is 0 Å². The number of hydrogen-bond donors (Lipinski definition) is 1. The number of fused-ring (bicyclic) bond motifs is 1. The molecule has 2 aliphatic heterocycles. The highest BCUT2D eigenvalue weighted by molar-refractivity contribution is 6.30. The van der Waals surface area contributed by atoms with Crippen molar-refractivity contribution in [2.45, 2.75) is 0 Å². The first-order chi connectivity index (χ1) is 7.33. The Morgan fingerprint density at radius 1 is 1.20 bits per heavy atom. The Balaban J connectivity index is 1.79. The van der Waals surface area contributed by atoms with Gasteiger partial charge in [0.2, 0.25) is 0 Å². The summed E-state index contributed by atoms with van der Waals surface area (Å²) in [6.45, 7) is 4.72. The minimum Gasteiger partial charge on any atom is -0.371 e. The van der Waals surface area contributed by atoms with Crippen LogP contribution in [-0.4, -0.2) is 26.2 Å². The Labute approximate surface area is 95.2 Å². The molecule has 0 aliphatic carbocycles. The summed E-state index contributed by atoms with van der Waals surface area (Å²) in [5.74, 6) is 1.67. The van der Waals surface area contributed by atoms with Gasteiger partial charge in [0.05, 0.1) is 0 Å². The number of nitrogens with one attached hydrogen (secondary N) is 1. The molecule has 15 heavy (non-hydrogen) atoms. The zero-order chi connectivity index (χ0) is 10.3. The Hall–Kier alpha value is -0.730. The largest absolute Gasteiger partial charge is 0.371 e. The van der Waals surface area contributed by atoms with Gasteiger partial charge in [-0.05, 0) is 30.0 Å². The van der Waals surface area contributed by atoms with Gasteiger partial charge in [-0.2, -0.15) is 0 Å². The number of benzene rings is 1. The lowest BCUT2D eigenvalue weighted by atomic mass is 10.0. The molecule has 2 saturated heterocycles. The quantitative estimate of drug-likeness (QED) is 0.782. The highest BCUT2D eigenvalue weighted by Gasteiger charge is 2.35. The van der Waals surface area contributed by atoms with Crippen LogP contribution in [0.3, 0.4) is 0 Å². The molecule has 2 heterocycles. The van der Waals surface area contributed by atoms with Crippen molar-refractivity contribution >= 4 is 17.3 Å². The molecular formula is C12H15ClN2. The summed E-state index contributed by atoms with van der Waals surface area (Å²) in [5.41, 5.74) is 1.27. The Kier molecular flexibility index (Phi) is 2.33. The first-order valence-corrected chi connectivity index (χ1v) is 5.92. The zero-order valence-electron chi connectivity index (χ0n) is 8.62. The molecule has 1 aromatic rings. The van der Waals surface area contributed by atoms with Gasteiger partial charge in [-0.1, -0.05) is 17.7 Å². The van der Waals surface area contributed by atoms with Crippen LogP contribution in [0.1, 0.15) is 0 Å². The van der Waals surface area contributed by atoms with Gasteiger partial charge in [0.15, 0.2) is 0 Å². The first kappa shape index (κ1) is 9.49. The lowest BCUT2D eigenvalue weighted by Crippen LogP contribution is -2.25. The van der Waals surface area contributed by atoms with Crippen LogP contribution in [0.25, 0.3) is 0 Å². The molecule has 2 atom stereocenters. The van der Waals surface area contributed by atoms with Crippen molar-refractivity contribution in [1.82, 2.24) is 5.32 Å². The van der Waals surface area contributed by atoms with Crippen LogP contribution >= 0.6 is 11.6 Å². The fraction of sp³-hybridized carbons (Fsp3) is 0.500. The van der Waals surface area contributed by atoms with Crippen molar-refractivity contribution in [3.05, 3.63) is 29.3 Å². The minimum atomic E-state index is 0.836. The van der Waals surface area contributed by atoms with Crippen molar-refractivity contribution in [2.24, 2.45) is 11.8 Å². The third-order valence-corrected chi connectivity index (χ3v) is 3.80. The lowest BCUT2D eigenvalue weighted by molar-refractivity contribution is 0.533. The number of hydrogen-bond acceptors (Lipinski definition) is 2. The van der Waals surface area contributed by atoms with Crippen LogP contribution < -0.4 is 10.2 Å². The van der Waals surface area contributed by atoms with Gasteiger partial charge in [0.1, 0.15) is 0 Å². The van der Waals surface area contributed by atoms with E-state index in [0.717, 1.165) is 16.9 Å². The van der Waals surface area contributed by atoms with Crippen molar-refractivity contribution in [1.29, 1.82) is 0 Å². The van der Waals surface area contributed by atoms with Crippen LogP contribution in [0.4, 0.5) is 5.69 Å². The highest BCUT2D eigenvalue weighted by Crippen LogP contribution is 2.31. The second-order valence-electron chi connectivity index (χ2n) is 4.56. The van der Waals surface area contributed by atoms with E-state index >= 15 is 0 Å². The third-order valence-electron chi connectivity index (χ3n) is 3.56. The van der Waals surface area contributed by atoms with Gasteiger partial charge in [0.25, 0.3) is 0 Å². The predicted octanol–water partition coefficient (Wildman–Crippen LogP) is 2.00. The minimum absolute atomic E-state index is 0.836. The van der Waals surface area contributed by atoms with Crippen LogP contribution in [-0.2, 0) is 0 Å². The maximum Gasteiger partial charge on any atom is 0.0426 e. The third kappa shape index (κ3) is 1.72. The first-order valence-electron chi connectivity index (χ1n) is 5.54. The van der Waals surface area contributed by atoms with E-state index in [0.29, 0.717) is 0 Å². The molecule has 0 aromatic heterocycles. The molecule has 2 fully saturated rings. The van der Waals surface area contributed by atoms with Crippen LogP contribution in [0, 0.1) is 11.8 Å². The number of halogens is 1. The van der Waals surface area contributed by atoms with Gasteiger partial charge < -0.3 is 10.2 Å². The van der Waals surface area contributed by atoms with E-state index < -0.39 is 0 Å². The Bertz CT molecular complexity index is 354. The summed E-state index contributed by atoms with van der Waals surface area (Å²) in [5, 5.41) is 4.29. The molecule has 80 valence electrons. The fourth-order valence-electron chi connectivity index (χ4n) is 2.74. The Morgan fingerprint density at radius 3 is 2.60 bits per heavy atom. The maximum atomic E-state index is 6.00. The molecule has 1 N–H and O–H groups in total. The van der Waals surface area contributed by atoms with Crippen molar-refractivity contribution in [3.8, 4) is 0 Å². The normalized spacial score (nSPS) is 29.5. The summed E-state index contributed by atoms with van der Waals surface area (Å²) in [4.78, 5) is 2.46. The van der Waals surface area contributed by atoms with Gasteiger partial charge in [-0.15, -0.1) is 0 Å². The molecule has 3 rings (SSSR count). The zero-order valence-corrected chi connectivity index (χ0v) is 9.37. The average Bonchev–Trinajstić information content (AvgIpc) is 2.76. The van der Waals surface area contributed by atoms with Crippen molar-refractivity contribution in [2.75, 3.05) is 31.1 Å². The van der Waals surface area contributed by atoms with Crippen LogP contribution in [0.5, 0.6) is 0 Å². The second kappa shape index (κ2) is 3.69. The molecule has 2 aliphatic rings. The maximum absolute atomic E-state index is 6.00. The van der Waals surface area contributed by atoms with E-state index in [1.807, 2.05) is 12.1 Å². The number of anilines is 1. The number of nitrogens with zero attached hydrogens (tertiary/aromatic N) is 1. The predicted molar refractivity (Wildman–Crippen MR) is 63.5 cm³/mol. The lowest BCUT2D eigenvalue weighted by Gasteiger charge is -2.19. The highest BCUT2D eigenvalue weighted by atomic mass is 35.5. The van der Waals surface area contributed by atoms with E-state index in [4.69, 9.17) is 11.6 Å². The van der Waals surface area contributed by atoms with Gasteiger partial charge in [0, 0.05) is 36.9 Å². The number of rotatable bonds is 1. The molecule has 1 aromatic carbocycles. The molecule has 0 spiro atoms. The van der Waals surface area contributed by atoms with E-state index in [-0.39, 0.29) is 0 Å². The second-order valence-corrected chi connectivity index (χ2v) is 5.00. The standard InChI is InChI=1S/C12H15ClN2/c13-11-2-1-3-12(4-11)15-7-9-5-14-6-10(9)8-15/h1-4,9-10,14H,5-8H2. The molecule has 0 bridgehead atoms. The summed E-state index contributed by atoms with van der Waals surface area (Å²) < 4.78 is 0. The average molecular weight is 223 g/mol. The molecule has 3 heteroatoms. The van der Waals surface area contributed by atoms with Gasteiger partial charge in [-0.25, -0.2) is 0 Å². The fourth-order valence-corrected chi connectivity index (χ4v) is 2.92. The summed E-state index contributed by atoms with van der Waals surface area (Å²) >= 11 is 6.00. The van der Waals surface area contributed by atoms with E-state index in [1.165, 1.54) is 31.9 Å². The summed E-state index contributed by atoms with van der Waals surface area (Å²) in [6.07, 6.45) is 0. The topological polar surface area (TPSA) is 15.3 Å². The molecule has 0 radical (unpaired) electrons. The molecule has 0 amide bonds. The van der Waals surface area contributed by atoms with Crippen LogP contribution in [0.2, 0.25) is 5.02 Å². The molecular weight excluding hydrogens is 208 g/mol. The monoisotopic (exact) mass is 222 g/mol. The summed E-state index contributed by atoms with van der Waals surface area (Å²) in [6, 6.07) is 8.18.